The topological polar surface area (TPSA) is 53.6 Å². The Labute approximate surface area is 145 Å². The molecule has 1 atom stereocenters. The predicted molar refractivity (Wildman–Crippen MR) is 92.1 cm³/mol. The van der Waals surface area contributed by atoms with Crippen LogP contribution in [0.3, 0.4) is 0 Å². The molecule has 3 aliphatic rings. The van der Waals surface area contributed by atoms with E-state index in [4.69, 9.17) is 4.74 Å². The van der Waals surface area contributed by atoms with Crippen LogP contribution in [0.4, 0.5) is 0 Å². The van der Waals surface area contributed by atoms with Crippen molar-refractivity contribution >= 4 is 30.7 Å². The summed E-state index contributed by atoms with van der Waals surface area (Å²) in [6.07, 6.45) is 6.77. The van der Waals surface area contributed by atoms with Crippen molar-refractivity contribution in [1.82, 2.24) is 15.5 Å². The van der Waals surface area contributed by atoms with E-state index in [9.17, 15) is 4.79 Å². The van der Waals surface area contributed by atoms with Crippen LogP contribution in [0.1, 0.15) is 38.5 Å². The first-order chi connectivity index (χ1) is 9.80. The molecule has 3 saturated heterocycles. The van der Waals surface area contributed by atoms with Crippen molar-refractivity contribution < 1.29 is 9.53 Å². The summed E-state index contributed by atoms with van der Waals surface area (Å²) in [7, 11) is 0. The van der Waals surface area contributed by atoms with Crippen molar-refractivity contribution in [2.45, 2.75) is 50.1 Å². The van der Waals surface area contributed by atoms with Crippen LogP contribution in [0.25, 0.3) is 0 Å². The van der Waals surface area contributed by atoms with Gasteiger partial charge >= 0.3 is 0 Å². The van der Waals surface area contributed by atoms with E-state index >= 15 is 0 Å². The third-order valence-electron chi connectivity index (χ3n) is 5.17. The van der Waals surface area contributed by atoms with Crippen LogP contribution in [-0.2, 0) is 9.53 Å². The van der Waals surface area contributed by atoms with E-state index in [2.05, 4.69) is 15.5 Å². The highest BCUT2D eigenvalue weighted by molar-refractivity contribution is 5.85. The molecule has 3 fully saturated rings. The van der Waals surface area contributed by atoms with Gasteiger partial charge in [-0.25, -0.2) is 0 Å². The van der Waals surface area contributed by atoms with Crippen LogP contribution < -0.4 is 10.6 Å². The fraction of sp³-hybridized carbons (Fsp3) is 0.933. The highest BCUT2D eigenvalue weighted by atomic mass is 35.5. The Bertz CT molecular complexity index is 340. The van der Waals surface area contributed by atoms with Gasteiger partial charge in [0.15, 0.2) is 0 Å². The average Bonchev–Trinajstić information content (AvgIpc) is 3.18. The monoisotopic (exact) mass is 353 g/mol. The second kappa shape index (κ2) is 9.28. The lowest BCUT2D eigenvalue weighted by Crippen LogP contribution is -2.58. The molecule has 0 aromatic heterocycles. The van der Waals surface area contributed by atoms with Crippen LogP contribution in [0, 0.1) is 0 Å². The van der Waals surface area contributed by atoms with Crippen molar-refractivity contribution in [3.8, 4) is 0 Å². The smallest absolute Gasteiger partial charge is 0.237 e. The average molecular weight is 354 g/mol. The quantitative estimate of drug-likeness (QED) is 0.800. The summed E-state index contributed by atoms with van der Waals surface area (Å²) in [5, 5.41) is 6.49. The van der Waals surface area contributed by atoms with Gasteiger partial charge in [0, 0.05) is 25.3 Å². The van der Waals surface area contributed by atoms with Gasteiger partial charge in [0.25, 0.3) is 0 Å². The van der Waals surface area contributed by atoms with E-state index in [1.165, 1.54) is 25.9 Å². The number of carbonyl (C=O) groups is 1. The number of carbonyl (C=O) groups excluding carboxylic acids is 1. The summed E-state index contributed by atoms with van der Waals surface area (Å²) >= 11 is 0. The van der Waals surface area contributed by atoms with Gasteiger partial charge in [-0.1, -0.05) is 0 Å². The number of rotatable bonds is 4. The lowest BCUT2D eigenvalue weighted by atomic mass is 9.88. The fourth-order valence-corrected chi connectivity index (χ4v) is 3.83. The Balaban J connectivity index is 0.00000121. The molecule has 130 valence electrons. The molecule has 3 heterocycles. The molecular formula is C15H29Cl2N3O2. The van der Waals surface area contributed by atoms with E-state index in [-0.39, 0.29) is 42.3 Å². The summed E-state index contributed by atoms with van der Waals surface area (Å²) in [6.45, 7) is 5.77. The minimum atomic E-state index is 0. The third kappa shape index (κ3) is 4.48. The Kier molecular flexibility index (Phi) is 8.43. The molecule has 1 amide bonds. The van der Waals surface area contributed by atoms with E-state index in [0.717, 1.165) is 52.0 Å². The Morgan fingerprint density at radius 3 is 2.45 bits per heavy atom. The molecule has 0 spiro atoms. The standard InChI is InChI=1S/C15H27N3O2.2ClH/c19-14(13-4-3-7-16-13)17-12-15(5-10-20-11-6-15)18-8-1-2-9-18;;/h13,16H,1-12H2,(H,17,19);2*1H. The number of hydrogen-bond donors (Lipinski definition) is 2. The van der Waals surface area contributed by atoms with Crippen LogP contribution in [0.2, 0.25) is 0 Å². The molecule has 0 radical (unpaired) electrons. The number of likely N-dealkylation sites (tertiary alicyclic amines) is 1. The number of nitrogens with one attached hydrogen (secondary N) is 2. The lowest BCUT2D eigenvalue weighted by Gasteiger charge is -2.44. The van der Waals surface area contributed by atoms with Crippen LogP contribution in [0.5, 0.6) is 0 Å². The minimum Gasteiger partial charge on any atom is -0.381 e. The third-order valence-corrected chi connectivity index (χ3v) is 5.17. The second-order valence-corrected chi connectivity index (χ2v) is 6.40. The highest BCUT2D eigenvalue weighted by Crippen LogP contribution is 2.30. The van der Waals surface area contributed by atoms with E-state index in [1.807, 2.05) is 0 Å². The van der Waals surface area contributed by atoms with Gasteiger partial charge in [0.05, 0.1) is 6.04 Å². The van der Waals surface area contributed by atoms with Crippen molar-refractivity contribution in [3.05, 3.63) is 0 Å². The van der Waals surface area contributed by atoms with Gasteiger partial charge in [0.1, 0.15) is 0 Å². The fourth-order valence-electron chi connectivity index (χ4n) is 3.83. The molecule has 2 N–H and O–H groups in total. The summed E-state index contributed by atoms with van der Waals surface area (Å²) in [5.41, 5.74) is 0.142. The first-order valence-corrected chi connectivity index (χ1v) is 8.14. The summed E-state index contributed by atoms with van der Waals surface area (Å²) in [6, 6.07) is 0.0328. The summed E-state index contributed by atoms with van der Waals surface area (Å²) in [5.74, 6) is 0.188. The van der Waals surface area contributed by atoms with Gasteiger partial charge in [0.2, 0.25) is 5.91 Å². The van der Waals surface area contributed by atoms with Crippen LogP contribution >= 0.6 is 24.8 Å². The van der Waals surface area contributed by atoms with E-state index in [0.29, 0.717) is 0 Å². The Morgan fingerprint density at radius 1 is 1.18 bits per heavy atom. The summed E-state index contributed by atoms with van der Waals surface area (Å²) < 4.78 is 5.54. The van der Waals surface area contributed by atoms with Gasteiger partial charge in [-0.3, -0.25) is 9.69 Å². The SMILES string of the molecule is Cl.Cl.O=C(NCC1(N2CCCC2)CCOCC1)C1CCCN1. The number of ether oxygens (including phenoxy) is 1. The molecule has 0 aromatic rings. The Morgan fingerprint density at radius 2 is 1.86 bits per heavy atom. The van der Waals surface area contributed by atoms with Crippen molar-refractivity contribution in [2.24, 2.45) is 0 Å². The van der Waals surface area contributed by atoms with E-state index in [1.54, 1.807) is 0 Å². The van der Waals surface area contributed by atoms with Crippen molar-refractivity contribution in [1.29, 1.82) is 0 Å². The lowest BCUT2D eigenvalue weighted by molar-refractivity contribution is -0.124. The van der Waals surface area contributed by atoms with Crippen molar-refractivity contribution in [2.75, 3.05) is 39.4 Å². The molecular weight excluding hydrogens is 325 g/mol. The summed E-state index contributed by atoms with van der Waals surface area (Å²) in [4.78, 5) is 14.8. The molecule has 7 heteroatoms. The van der Waals surface area contributed by atoms with Crippen LogP contribution in [0.15, 0.2) is 0 Å². The zero-order valence-electron chi connectivity index (χ0n) is 13.1. The molecule has 0 saturated carbocycles. The minimum absolute atomic E-state index is 0. The highest BCUT2D eigenvalue weighted by Gasteiger charge is 2.40. The normalized spacial score (nSPS) is 27.7. The van der Waals surface area contributed by atoms with Gasteiger partial charge in [-0.2, -0.15) is 0 Å². The number of amides is 1. The zero-order chi connectivity index (χ0) is 13.8. The molecule has 3 rings (SSSR count). The first kappa shape index (κ1) is 20.0. The zero-order valence-corrected chi connectivity index (χ0v) is 14.8. The Hall–Kier alpha value is -0.0700. The van der Waals surface area contributed by atoms with Crippen LogP contribution in [-0.4, -0.2) is 61.8 Å². The molecule has 1 unspecified atom stereocenters. The molecule has 0 aromatic carbocycles. The maximum absolute atomic E-state index is 12.2. The van der Waals surface area contributed by atoms with Crippen molar-refractivity contribution in [3.63, 3.8) is 0 Å². The second-order valence-electron chi connectivity index (χ2n) is 6.40. The maximum atomic E-state index is 12.2. The largest absolute Gasteiger partial charge is 0.381 e. The van der Waals surface area contributed by atoms with E-state index < -0.39 is 0 Å². The molecule has 3 aliphatic heterocycles. The van der Waals surface area contributed by atoms with Gasteiger partial charge in [-0.05, 0) is 58.2 Å². The molecule has 0 bridgehead atoms. The number of halogens is 2. The number of nitrogens with zero attached hydrogens (tertiary/aromatic N) is 1. The molecule has 22 heavy (non-hydrogen) atoms. The van der Waals surface area contributed by atoms with Gasteiger partial charge < -0.3 is 15.4 Å². The maximum Gasteiger partial charge on any atom is 0.237 e. The number of hydrogen-bond acceptors (Lipinski definition) is 4. The molecule has 5 nitrogen and oxygen atoms in total. The molecule has 0 aliphatic carbocycles. The first-order valence-electron chi connectivity index (χ1n) is 8.14. The van der Waals surface area contributed by atoms with Gasteiger partial charge in [-0.15, -0.1) is 24.8 Å². The predicted octanol–water partition coefficient (Wildman–Crippen LogP) is 1.34.